The minimum absolute atomic E-state index is 0.0684. The van der Waals surface area contributed by atoms with E-state index < -0.39 is 0 Å². The summed E-state index contributed by atoms with van der Waals surface area (Å²) in [6.45, 7) is 0.524. The Labute approximate surface area is 154 Å². The molecule has 5 heteroatoms. The van der Waals surface area contributed by atoms with Gasteiger partial charge in [-0.3, -0.25) is 9.59 Å². The zero-order valence-corrected chi connectivity index (χ0v) is 15.2. The molecular weight excluding hydrogens is 326 g/mol. The lowest BCUT2D eigenvalue weighted by Gasteiger charge is -2.25. The fourth-order valence-electron chi connectivity index (χ4n) is 2.86. The van der Waals surface area contributed by atoms with Gasteiger partial charge in [-0.25, -0.2) is 0 Å². The standard InChI is InChI=1S/C21H25N3O2/c1-24(2)19(15-6-4-3-5-7-15)14-22-20(25)16-10-12-18(13-11-16)23-21(26)17-8-9-17/h3-7,10-13,17,19H,8-9,14H2,1-2H3,(H,22,25)(H,23,26)/t19-/m0/s1. The number of carbonyl (C=O) groups is 2. The molecule has 0 bridgehead atoms. The largest absolute Gasteiger partial charge is 0.350 e. The average molecular weight is 351 g/mol. The van der Waals surface area contributed by atoms with E-state index in [4.69, 9.17) is 0 Å². The molecule has 0 radical (unpaired) electrons. The Morgan fingerprint density at radius 2 is 1.69 bits per heavy atom. The highest BCUT2D eigenvalue weighted by molar-refractivity contribution is 5.96. The Hall–Kier alpha value is -2.66. The molecule has 0 saturated heterocycles. The van der Waals surface area contributed by atoms with Gasteiger partial charge in [0.1, 0.15) is 0 Å². The molecule has 1 atom stereocenters. The fourth-order valence-corrected chi connectivity index (χ4v) is 2.86. The molecular formula is C21H25N3O2. The van der Waals surface area contributed by atoms with Crippen LogP contribution in [-0.2, 0) is 4.79 Å². The van der Waals surface area contributed by atoms with Crippen molar-refractivity contribution in [1.82, 2.24) is 10.2 Å². The van der Waals surface area contributed by atoms with E-state index in [0.29, 0.717) is 12.1 Å². The second kappa shape index (κ2) is 8.15. The molecule has 0 aliphatic heterocycles. The average Bonchev–Trinajstić information content (AvgIpc) is 3.48. The van der Waals surface area contributed by atoms with Crippen molar-refractivity contribution in [3.05, 3.63) is 65.7 Å². The highest BCUT2D eigenvalue weighted by Crippen LogP contribution is 2.30. The van der Waals surface area contributed by atoms with Crippen molar-refractivity contribution in [3.8, 4) is 0 Å². The van der Waals surface area contributed by atoms with Crippen LogP contribution in [0.5, 0.6) is 0 Å². The minimum Gasteiger partial charge on any atom is -0.350 e. The van der Waals surface area contributed by atoms with Gasteiger partial charge >= 0.3 is 0 Å². The van der Waals surface area contributed by atoms with Crippen LogP contribution in [0.4, 0.5) is 5.69 Å². The van der Waals surface area contributed by atoms with Crippen molar-refractivity contribution in [1.29, 1.82) is 0 Å². The van der Waals surface area contributed by atoms with Crippen LogP contribution in [0.2, 0.25) is 0 Å². The molecule has 5 nitrogen and oxygen atoms in total. The van der Waals surface area contributed by atoms with E-state index in [0.717, 1.165) is 24.1 Å². The maximum Gasteiger partial charge on any atom is 0.251 e. The van der Waals surface area contributed by atoms with Gasteiger partial charge in [-0.05, 0) is 56.8 Å². The molecule has 0 heterocycles. The van der Waals surface area contributed by atoms with Crippen molar-refractivity contribution in [2.75, 3.05) is 26.0 Å². The monoisotopic (exact) mass is 351 g/mol. The SMILES string of the molecule is CN(C)[C@@H](CNC(=O)c1ccc(NC(=O)C2CC2)cc1)c1ccccc1. The van der Waals surface area contributed by atoms with Crippen LogP contribution in [0, 0.1) is 5.92 Å². The molecule has 0 unspecified atom stereocenters. The van der Waals surface area contributed by atoms with E-state index in [2.05, 4.69) is 27.7 Å². The van der Waals surface area contributed by atoms with Crippen LogP contribution in [0.1, 0.15) is 34.8 Å². The maximum absolute atomic E-state index is 12.4. The smallest absolute Gasteiger partial charge is 0.251 e. The summed E-state index contributed by atoms with van der Waals surface area (Å²) in [5, 5.41) is 5.88. The van der Waals surface area contributed by atoms with Crippen molar-refractivity contribution in [3.63, 3.8) is 0 Å². The van der Waals surface area contributed by atoms with Gasteiger partial charge in [0.15, 0.2) is 0 Å². The normalized spacial score (nSPS) is 14.7. The number of benzene rings is 2. The molecule has 26 heavy (non-hydrogen) atoms. The summed E-state index contributed by atoms with van der Waals surface area (Å²) >= 11 is 0. The zero-order valence-electron chi connectivity index (χ0n) is 15.2. The maximum atomic E-state index is 12.4. The lowest BCUT2D eigenvalue weighted by atomic mass is 10.1. The summed E-state index contributed by atoms with van der Waals surface area (Å²) in [7, 11) is 4.00. The zero-order chi connectivity index (χ0) is 18.5. The second-order valence-electron chi connectivity index (χ2n) is 6.94. The molecule has 1 fully saturated rings. The number of rotatable bonds is 7. The van der Waals surface area contributed by atoms with Gasteiger partial charge in [0.2, 0.25) is 5.91 Å². The van der Waals surface area contributed by atoms with Crippen LogP contribution >= 0.6 is 0 Å². The highest BCUT2D eigenvalue weighted by Gasteiger charge is 2.29. The number of nitrogens with one attached hydrogen (secondary N) is 2. The number of hydrogen-bond donors (Lipinski definition) is 2. The van der Waals surface area contributed by atoms with Gasteiger partial charge in [0, 0.05) is 23.7 Å². The summed E-state index contributed by atoms with van der Waals surface area (Å²) in [6, 6.07) is 17.3. The molecule has 1 aliphatic carbocycles. The summed E-state index contributed by atoms with van der Waals surface area (Å²) in [6.07, 6.45) is 1.95. The number of carbonyl (C=O) groups excluding carboxylic acids is 2. The van der Waals surface area contributed by atoms with Gasteiger partial charge in [-0.1, -0.05) is 30.3 Å². The van der Waals surface area contributed by atoms with Crippen molar-refractivity contribution < 1.29 is 9.59 Å². The lowest BCUT2D eigenvalue weighted by Crippen LogP contribution is -2.34. The molecule has 0 spiro atoms. The Morgan fingerprint density at radius 3 is 2.27 bits per heavy atom. The van der Waals surface area contributed by atoms with E-state index in [9.17, 15) is 9.59 Å². The van der Waals surface area contributed by atoms with Gasteiger partial charge in [-0.15, -0.1) is 0 Å². The summed E-state index contributed by atoms with van der Waals surface area (Å²) in [5.41, 5.74) is 2.48. The molecule has 0 aromatic heterocycles. The summed E-state index contributed by atoms with van der Waals surface area (Å²) in [5.74, 6) is 0.116. The summed E-state index contributed by atoms with van der Waals surface area (Å²) in [4.78, 5) is 26.3. The molecule has 2 aromatic rings. The lowest BCUT2D eigenvalue weighted by molar-refractivity contribution is -0.117. The first-order chi connectivity index (χ1) is 12.5. The third kappa shape index (κ3) is 4.70. The van der Waals surface area contributed by atoms with Crippen LogP contribution in [0.15, 0.2) is 54.6 Å². The minimum atomic E-state index is -0.118. The predicted molar refractivity (Wildman–Crippen MR) is 103 cm³/mol. The van der Waals surface area contributed by atoms with Crippen molar-refractivity contribution in [2.45, 2.75) is 18.9 Å². The van der Waals surface area contributed by atoms with Crippen LogP contribution in [-0.4, -0.2) is 37.4 Å². The first kappa shape index (κ1) is 18.1. The summed E-state index contributed by atoms with van der Waals surface area (Å²) < 4.78 is 0. The van der Waals surface area contributed by atoms with E-state index in [-0.39, 0.29) is 23.8 Å². The Balaban J connectivity index is 1.57. The number of amides is 2. The van der Waals surface area contributed by atoms with Crippen molar-refractivity contribution in [2.24, 2.45) is 5.92 Å². The quantitative estimate of drug-likeness (QED) is 0.806. The fraction of sp³-hybridized carbons (Fsp3) is 0.333. The number of anilines is 1. The van der Waals surface area contributed by atoms with Crippen molar-refractivity contribution >= 4 is 17.5 Å². The Bertz CT molecular complexity index is 753. The molecule has 1 aliphatic rings. The molecule has 1 saturated carbocycles. The van der Waals surface area contributed by atoms with Crippen LogP contribution in [0.3, 0.4) is 0 Å². The van der Waals surface area contributed by atoms with Gasteiger partial charge in [-0.2, -0.15) is 0 Å². The van der Waals surface area contributed by atoms with Crippen LogP contribution < -0.4 is 10.6 Å². The number of likely N-dealkylation sites (N-methyl/N-ethyl adjacent to an activating group) is 1. The Morgan fingerprint density at radius 1 is 1.04 bits per heavy atom. The first-order valence-corrected chi connectivity index (χ1v) is 8.95. The van der Waals surface area contributed by atoms with E-state index in [1.165, 1.54) is 0 Å². The molecule has 2 aromatic carbocycles. The topological polar surface area (TPSA) is 61.4 Å². The number of hydrogen-bond acceptors (Lipinski definition) is 3. The molecule has 3 rings (SSSR count). The molecule has 2 amide bonds. The van der Waals surface area contributed by atoms with Crippen LogP contribution in [0.25, 0.3) is 0 Å². The molecule has 2 N–H and O–H groups in total. The first-order valence-electron chi connectivity index (χ1n) is 8.95. The second-order valence-corrected chi connectivity index (χ2v) is 6.94. The highest BCUT2D eigenvalue weighted by atomic mass is 16.2. The van der Waals surface area contributed by atoms with E-state index >= 15 is 0 Å². The third-order valence-corrected chi connectivity index (χ3v) is 4.63. The van der Waals surface area contributed by atoms with E-state index in [1.54, 1.807) is 24.3 Å². The van der Waals surface area contributed by atoms with Gasteiger partial charge in [0.25, 0.3) is 5.91 Å². The predicted octanol–water partition coefficient (Wildman–Crippen LogP) is 3.07. The Kier molecular flexibility index (Phi) is 5.68. The van der Waals surface area contributed by atoms with E-state index in [1.807, 2.05) is 32.3 Å². The third-order valence-electron chi connectivity index (χ3n) is 4.63. The van der Waals surface area contributed by atoms with Gasteiger partial charge < -0.3 is 15.5 Å². The number of nitrogens with zero attached hydrogens (tertiary/aromatic N) is 1. The molecule has 136 valence electrons. The van der Waals surface area contributed by atoms with Gasteiger partial charge in [0.05, 0.1) is 6.04 Å².